The Labute approximate surface area is 234 Å². The number of methoxy groups -OCH3 is 1. The van der Waals surface area contributed by atoms with Gasteiger partial charge in [0, 0.05) is 24.1 Å². The van der Waals surface area contributed by atoms with E-state index in [0.717, 1.165) is 0 Å². The minimum Gasteiger partial charge on any atom is -0.496 e. The van der Waals surface area contributed by atoms with Crippen molar-refractivity contribution >= 4 is 52.4 Å². The van der Waals surface area contributed by atoms with Gasteiger partial charge in [0.2, 0.25) is 5.60 Å². The number of para-hydroxylation sites is 1. The van der Waals surface area contributed by atoms with Crippen molar-refractivity contribution in [2.45, 2.75) is 31.4 Å². The van der Waals surface area contributed by atoms with Gasteiger partial charge in [-0.15, -0.1) is 0 Å². The largest absolute Gasteiger partial charge is 0.496 e. The van der Waals surface area contributed by atoms with E-state index in [1.165, 1.54) is 7.11 Å². The van der Waals surface area contributed by atoms with Gasteiger partial charge in [-0.05, 0) is 48.9 Å². The van der Waals surface area contributed by atoms with E-state index >= 15 is 0 Å². The van der Waals surface area contributed by atoms with E-state index in [0.29, 0.717) is 28.3 Å². The van der Waals surface area contributed by atoms with Crippen LogP contribution in [0.15, 0.2) is 71.9 Å². The number of nitrogens with one attached hydrogen (secondary N) is 2. The highest BCUT2D eigenvalue weighted by atomic mass is 35.5. The smallest absolute Gasteiger partial charge is 0.326 e. The number of carboxylic acids is 1. The van der Waals surface area contributed by atoms with E-state index in [2.05, 4.69) is 15.8 Å². The lowest BCUT2D eigenvalue weighted by molar-refractivity contribution is -0.148. The van der Waals surface area contributed by atoms with Crippen LogP contribution in [0.4, 0.5) is 5.69 Å². The van der Waals surface area contributed by atoms with E-state index < -0.39 is 29.4 Å². The number of amides is 2. The Bertz CT molecular complexity index is 1420. The lowest BCUT2D eigenvalue weighted by atomic mass is 9.94. The molecule has 0 aromatic heterocycles. The van der Waals surface area contributed by atoms with Crippen LogP contribution in [0.1, 0.15) is 34.8 Å². The normalized spacial score (nSPS) is 17.0. The van der Waals surface area contributed by atoms with Crippen molar-refractivity contribution in [2.75, 3.05) is 12.4 Å². The Morgan fingerprint density at radius 3 is 2.36 bits per heavy atom. The predicted molar refractivity (Wildman–Crippen MR) is 148 cm³/mol. The molecule has 1 heterocycles. The lowest BCUT2D eigenvalue weighted by Crippen LogP contribution is -2.51. The highest BCUT2D eigenvalue weighted by Crippen LogP contribution is 2.31. The van der Waals surface area contributed by atoms with Gasteiger partial charge in [0.15, 0.2) is 0 Å². The second-order valence-electron chi connectivity index (χ2n) is 9.05. The molecule has 2 atom stereocenters. The molecule has 1 aliphatic rings. The van der Waals surface area contributed by atoms with Crippen LogP contribution in [0.3, 0.4) is 0 Å². The van der Waals surface area contributed by atoms with Gasteiger partial charge in [-0.2, -0.15) is 0 Å². The van der Waals surface area contributed by atoms with E-state index in [9.17, 15) is 19.5 Å². The number of nitrogens with zero attached hydrogens (tertiary/aromatic N) is 1. The second kappa shape index (κ2) is 11.8. The van der Waals surface area contributed by atoms with Gasteiger partial charge < -0.3 is 25.3 Å². The average Bonchev–Trinajstić information content (AvgIpc) is 3.32. The number of aliphatic carboxylic acids is 1. The van der Waals surface area contributed by atoms with E-state index in [-0.39, 0.29) is 28.5 Å². The summed E-state index contributed by atoms with van der Waals surface area (Å²) in [6.07, 6.45) is 0.136. The molecule has 0 bridgehead atoms. The van der Waals surface area contributed by atoms with Crippen LogP contribution >= 0.6 is 23.2 Å². The van der Waals surface area contributed by atoms with Gasteiger partial charge in [0.1, 0.15) is 11.8 Å². The summed E-state index contributed by atoms with van der Waals surface area (Å²) in [4.78, 5) is 43.1. The quantitative estimate of drug-likeness (QED) is 0.334. The summed E-state index contributed by atoms with van der Waals surface area (Å²) in [5.74, 6) is -1.71. The van der Waals surface area contributed by atoms with E-state index in [1.807, 2.05) is 12.1 Å². The van der Waals surface area contributed by atoms with E-state index in [4.69, 9.17) is 32.8 Å². The molecule has 9 nitrogen and oxygen atoms in total. The standard InChI is InChI=1S/C28H25Cl2N3O6/c1-28(15-22(33-39-28)18-6-3-4-9-23(18)38-2)27(37)32-21(26(35)36)14-16-10-12-17(13-11-16)31-25(34)24-19(29)7-5-8-20(24)30/h3-13,21H,14-15H2,1-2H3,(H,31,34)(H,32,37)(H,35,36)/t21?,28-/m0/s1. The number of hydrogen-bond donors (Lipinski definition) is 3. The van der Waals surface area contributed by atoms with Crippen LogP contribution in [-0.2, 0) is 20.8 Å². The van der Waals surface area contributed by atoms with Crippen molar-refractivity contribution in [3.8, 4) is 5.75 Å². The van der Waals surface area contributed by atoms with Crippen LogP contribution in [0.25, 0.3) is 0 Å². The Morgan fingerprint density at radius 1 is 1.05 bits per heavy atom. The third kappa shape index (κ3) is 6.32. The first-order valence-electron chi connectivity index (χ1n) is 11.9. The SMILES string of the molecule is COc1ccccc1C1=NO[C@](C)(C(=O)NC(Cc2ccc(NC(=O)c3c(Cl)cccc3Cl)cc2)C(=O)O)C1. The zero-order valence-corrected chi connectivity index (χ0v) is 22.5. The Kier molecular flexibility index (Phi) is 8.42. The molecule has 4 rings (SSSR count). The zero-order valence-electron chi connectivity index (χ0n) is 21.0. The molecular weight excluding hydrogens is 545 g/mol. The maximum atomic E-state index is 13.1. The molecule has 3 N–H and O–H groups in total. The lowest BCUT2D eigenvalue weighted by Gasteiger charge is -2.23. The molecule has 0 aliphatic carbocycles. The highest BCUT2D eigenvalue weighted by Gasteiger charge is 2.44. The summed E-state index contributed by atoms with van der Waals surface area (Å²) in [5.41, 5.74) is 1.06. The molecule has 1 aliphatic heterocycles. The van der Waals surface area contributed by atoms with Gasteiger partial charge >= 0.3 is 5.97 Å². The summed E-state index contributed by atoms with van der Waals surface area (Å²) in [5, 5.41) is 19.6. The molecule has 0 spiro atoms. The first kappa shape index (κ1) is 27.9. The number of hydrogen-bond acceptors (Lipinski definition) is 6. The summed E-state index contributed by atoms with van der Waals surface area (Å²) >= 11 is 12.2. The van der Waals surface area contributed by atoms with Gasteiger partial charge in [-0.25, -0.2) is 4.79 Å². The number of rotatable bonds is 9. The number of carbonyl (C=O) groups excluding carboxylic acids is 2. The van der Waals surface area contributed by atoms with Crippen LogP contribution in [0, 0.1) is 0 Å². The third-order valence-corrected chi connectivity index (χ3v) is 6.84. The monoisotopic (exact) mass is 569 g/mol. The fourth-order valence-corrected chi connectivity index (χ4v) is 4.64. The topological polar surface area (TPSA) is 126 Å². The number of carboxylic acid groups (broad SMARTS) is 1. The molecular formula is C28H25Cl2N3O6. The third-order valence-electron chi connectivity index (χ3n) is 6.21. The number of ether oxygens (including phenoxy) is 1. The number of halogens is 2. The van der Waals surface area contributed by atoms with Gasteiger partial charge in [-0.3, -0.25) is 9.59 Å². The summed E-state index contributed by atoms with van der Waals surface area (Å²) in [7, 11) is 1.54. The number of oxime groups is 1. The van der Waals surface area contributed by atoms with Crippen LogP contribution in [0.2, 0.25) is 10.0 Å². The molecule has 0 saturated heterocycles. The summed E-state index contributed by atoms with van der Waals surface area (Å²) < 4.78 is 5.36. The molecule has 2 amide bonds. The Balaban J connectivity index is 1.39. The van der Waals surface area contributed by atoms with Crippen molar-refractivity contribution in [1.82, 2.24) is 5.32 Å². The predicted octanol–water partition coefficient (Wildman–Crippen LogP) is 4.95. The molecule has 0 fully saturated rings. The highest BCUT2D eigenvalue weighted by molar-refractivity contribution is 6.40. The van der Waals surface area contributed by atoms with Gasteiger partial charge in [0.25, 0.3) is 11.8 Å². The van der Waals surface area contributed by atoms with Crippen LogP contribution in [-0.4, -0.2) is 47.4 Å². The number of carbonyl (C=O) groups is 3. The Hall–Kier alpha value is -4.08. The number of benzene rings is 3. The van der Waals surface area contributed by atoms with Crippen molar-refractivity contribution in [3.63, 3.8) is 0 Å². The molecule has 3 aromatic rings. The van der Waals surface area contributed by atoms with Crippen molar-refractivity contribution in [2.24, 2.45) is 5.16 Å². The molecule has 0 radical (unpaired) electrons. The maximum Gasteiger partial charge on any atom is 0.326 e. The molecule has 3 aromatic carbocycles. The van der Waals surface area contributed by atoms with Gasteiger partial charge in [0.05, 0.1) is 28.4 Å². The molecule has 11 heteroatoms. The first-order chi connectivity index (χ1) is 18.6. The zero-order chi connectivity index (χ0) is 28.2. The maximum absolute atomic E-state index is 13.1. The molecule has 0 saturated carbocycles. The fourth-order valence-electron chi connectivity index (χ4n) is 4.07. The van der Waals surface area contributed by atoms with Crippen LogP contribution < -0.4 is 15.4 Å². The first-order valence-corrected chi connectivity index (χ1v) is 12.6. The molecule has 1 unspecified atom stereocenters. The van der Waals surface area contributed by atoms with Crippen molar-refractivity contribution in [1.29, 1.82) is 0 Å². The number of anilines is 1. The average molecular weight is 570 g/mol. The van der Waals surface area contributed by atoms with Crippen molar-refractivity contribution < 1.29 is 29.1 Å². The van der Waals surface area contributed by atoms with E-state index in [1.54, 1.807) is 61.5 Å². The minimum atomic E-state index is -1.39. The molecule has 202 valence electrons. The molecule has 39 heavy (non-hydrogen) atoms. The van der Waals surface area contributed by atoms with Crippen molar-refractivity contribution in [3.05, 3.63) is 93.5 Å². The summed E-state index contributed by atoms with van der Waals surface area (Å²) in [6.45, 7) is 1.55. The van der Waals surface area contributed by atoms with Gasteiger partial charge in [-0.1, -0.05) is 58.7 Å². The Morgan fingerprint density at radius 2 is 1.72 bits per heavy atom. The minimum absolute atomic E-state index is 0.00193. The summed E-state index contributed by atoms with van der Waals surface area (Å²) in [6, 6.07) is 17.3. The second-order valence-corrected chi connectivity index (χ2v) is 9.87. The van der Waals surface area contributed by atoms with Crippen LogP contribution in [0.5, 0.6) is 5.75 Å². The fraction of sp³-hybridized carbons (Fsp3) is 0.214.